The van der Waals surface area contributed by atoms with Crippen LogP contribution in [-0.4, -0.2) is 37.3 Å². The van der Waals surface area contributed by atoms with Crippen molar-refractivity contribution in [2.24, 2.45) is 0 Å². The van der Waals surface area contributed by atoms with Crippen LogP contribution < -0.4 is 4.43 Å². The minimum Gasteiger partial charge on any atom is -0.540 e. The molecule has 2 aromatic carbocycles. The quantitative estimate of drug-likeness (QED) is 0.535. The average Bonchev–Trinajstić information content (AvgIpc) is 2.71. The Hall–Kier alpha value is -2.25. The minimum absolute atomic E-state index is 0.0714. The van der Waals surface area contributed by atoms with E-state index < -0.39 is 31.8 Å². The van der Waals surface area contributed by atoms with Crippen LogP contribution in [0.1, 0.15) is 62.2 Å². The van der Waals surface area contributed by atoms with E-state index in [0.29, 0.717) is 24.2 Å². The molecule has 7 heteroatoms. The fourth-order valence-electron chi connectivity index (χ4n) is 2.94. The van der Waals surface area contributed by atoms with Crippen LogP contribution in [-0.2, 0) is 0 Å². The number of nitrogens with zero attached hydrogens (tertiary/aromatic N) is 1. The molecule has 0 saturated carbocycles. The molecule has 0 aliphatic heterocycles. The van der Waals surface area contributed by atoms with Gasteiger partial charge in [0.25, 0.3) is 14.2 Å². The van der Waals surface area contributed by atoms with Crippen LogP contribution in [0.15, 0.2) is 36.4 Å². The second-order valence-electron chi connectivity index (χ2n) is 9.14. The fraction of sp³-hybridized carbons (Fsp3) is 0.458. The Morgan fingerprint density at radius 1 is 1.06 bits per heavy atom. The van der Waals surface area contributed by atoms with Crippen LogP contribution in [0, 0.1) is 11.6 Å². The SMILES string of the molecule is CCN(CC)C(=O)c1ccc(C(O)c2ccc(F)c(O[Si](C)(C)C(C)(C)C)c2F)cc1. The molecule has 0 fully saturated rings. The number of hydrogen-bond donors (Lipinski definition) is 1. The topological polar surface area (TPSA) is 49.8 Å². The van der Waals surface area contributed by atoms with Crippen molar-refractivity contribution in [2.45, 2.75) is 58.9 Å². The van der Waals surface area contributed by atoms with Crippen LogP contribution in [0.5, 0.6) is 5.75 Å². The maximum atomic E-state index is 15.2. The summed E-state index contributed by atoms with van der Waals surface area (Å²) < 4.78 is 35.5. The molecule has 0 bridgehead atoms. The molecule has 1 atom stereocenters. The van der Waals surface area contributed by atoms with Crippen molar-refractivity contribution in [3.8, 4) is 5.75 Å². The van der Waals surface area contributed by atoms with E-state index in [1.165, 1.54) is 6.07 Å². The normalized spacial score (nSPS) is 13.1. The first-order chi connectivity index (χ1) is 14.3. The number of carbonyl (C=O) groups is 1. The molecule has 4 nitrogen and oxygen atoms in total. The van der Waals surface area contributed by atoms with E-state index in [9.17, 15) is 14.3 Å². The van der Waals surface area contributed by atoms with Gasteiger partial charge in [-0.05, 0) is 61.8 Å². The van der Waals surface area contributed by atoms with E-state index in [0.717, 1.165) is 6.07 Å². The van der Waals surface area contributed by atoms with Gasteiger partial charge >= 0.3 is 0 Å². The number of rotatable bonds is 7. The summed E-state index contributed by atoms with van der Waals surface area (Å²) >= 11 is 0. The molecule has 2 aromatic rings. The van der Waals surface area contributed by atoms with Crippen LogP contribution in [0.2, 0.25) is 18.1 Å². The van der Waals surface area contributed by atoms with Crippen LogP contribution in [0.3, 0.4) is 0 Å². The number of halogens is 2. The van der Waals surface area contributed by atoms with E-state index >= 15 is 4.39 Å². The van der Waals surface area contributed by atoms with E-state index in [4.69, 9.17) is 4.43 Å². The monoisotopic (exact) mass is 449 g/mol. The summed E-state index contributed by atoms with van der Waals surface area (Å²) in [5, 5.41) is 10.5. The average molecular weight is 450 g/mol. The van der Waals surface area contributed by atoms with Crippen molar-refractivity contribution >= 4 is 14.2 Å². The van der Waals surface area contributed by atoms with Crippen molar-refractivity contribution < 1.29 is 23.1 Å². The zero-order valence-electron chi connectivity index (χ0n) is 19.4. The molecule has 0 aromatic heterocycles. The molecule has 0 aliphatic rings. The predicted octanol–water partition coefficient (Wildman–Crippen LogP) is 5.91. The number of amides is 1. The van der Waals surface area contributed by atoms with Crippen LogP contribution in [0.4, 0.5) is 8.78 Å². The summed E-state index contributed by atoms with van der Waals surface area (Å²) in [6, 6.07) is 8.71. The number of aliphatic hydroxyl groups is 1. The first-order valence-corrected chi connectivity index (χ1v) is 13.5. The second-order valence-corrected chi connectivity index (χ2v) is 13.9. The highest BCUT2D eigenvalue weighted by molar-refractivity contribution is 6.74. The highest BCUT2D eigenvalue weighted by atomic mass is 28.4. The molecule has 1 amide bonds. The van der Waals surface area contributed by atoms with Gasteiger partial charge in [0, 0.05) is 24.2 Å². The molecule has 0 heterocycles. The molecule has 1 N–H and O–H groups in total. The van der Waals surface area contributed by atoms with Crippen LogP contribution >= 0.6 is 0 Å². The summed E-state index contributed by atoms with van der Waals surface area (Å²) in [5.74, 6) is -2.25. The molecule has 0 radical (unpaired) electrons. The number of benzene rings is 2. The third-order valence-corrected chi connectivity index (χ3v) is 10.4. The van der Waals surface area contributed by atoms with Crippen molar-refractivity contribution in [3.63, 3.8) is 0 Å². The number of hydrogen-bond acceptors (Lipinski definition) is 3. The molecule has 0 aliphatic carbocycles. The van der Waals surface area contributed by atoms with Crippen molar-refractivity contribution in [3.05, 3.63) is 64.7 Å². The van der Waals surface area contributed by atoms with Gasteiger partial charge in [-0.15, -0.1) is 0 Å². The summed E-state index contributed by atoms with van der Waals surface area (Å²) in [5.41, 5.74) is 0.819. The zero-order valence-corrected chi connectivity index (χ0v) is 20.4. The predicted molar refractivity (Wildman–Crippen MR) is 122 cm³/mol. The Labute approximate surface area is 185 Å². The van der Waals surface area contributed by atoms with Gasteiger partial charge in [0.1, 0.15) is 6.10 Å². The van der Waals surface area contributed by atoms with Crippen molar-refractivity contribution in [1.29, 1.82) is 0 Å². The highest BCUT2D eigenvalue weighted by Gasteiger charge is 2.40. The Morgan fingerprint density at radius 3 is 2.10 bits per heavy atom. The maximum Gasteiger partial charge on any atom is 0.253 e. The Kier molecular flexibility index (Phi) is 7.65. The van der Waals surface area contributed by atoms with Gasteiger partial charge in [-0.25, -0.2) is 8.78 Å². The summed E-state index contributed by atoms with van der Waals surface area (Å²) in [6.07, 6.45) is -1.32. The lowest BCUT2D eigenvalue weighted by atomic mass is 9.99. The molecule has 2 rings (SSSR count). The number of carbonyl (C=O) groups excluding carboxylic acids is 1. The standard InChI is InChI=1S/C24H33F2NO3Si/c1-8-27(9-2)23(29)17-12-10-16(11-13-17)21(28)18-14-15-19(25)22(20(18)26)30-31(6,7)24(3,4)5/h10-15,21,28H,8-9H2,1-7H3. The summed E-state index contributed by atoms with van der Waals surface area (Å²) in [6.45, 7) is 14.7. The Balaban J connectivity index is 2.36. The Morgan fingerprint density at radius 2 is 1.61 bits per heavy atom. The molecule has 170 valence electrons. The van der Waals surface area contributed by atoms with Gasteiger partial charge in [0.2, 0.25) is 0 Å². The molecule has 0 saturated heterocycles. The zero-order chi connectivity index (χ0) is 23.6. The number of aliphatic hydroxyl groups excluding tert-OH is 1. The molecule has 1 unspecified atom stereocenters. The van der Waals surface area contributed by atoms with E-state index in [-0.39, 0.29) is 16.5 Å². The third kappa shape index (κ3) is 5.33. The van der Waals surface area contributed by atoms with E-state index in [2.05, 4.69) is 0 Å². The second kappa shape index (κ2) is 9.49. The molecule has 31 heavy (non-hydrogen) atoms. The van der Waals surface area contributed by atoms with E-state index in [1.54, 1.807) is 29.2 Å². The third-order valence-electron chi connectivity index (χ3n) is 6.06. The summed E-state index contributed by atoms with van der Waals surface area (Å²) in [7, 11) is -2.49. The molecule has 0 spiro atoms. The lowest BCUT2D eigenvalue weighted by Crippen LogP contribution is -2.44. The van der Waals surface area contributed by atoms with Gasteiger partial charge < -0.3 is 14.4 Å². The van der Waals surface area contributed by atoms with E-state index in [1.807, 2.05) is 47.7 Å². The summed E-state index contributed by atoms with van der Waals surface area (Å²) in [4.78, 5) is 14.1. The Bertz CT molecular complexity index is 920. The molecular formula is C24H33F2NO3Si. The first kappa shape index (κ1) is 25.0. The van der Waals surface area contributed by atoms with Gasteiger partial charge in [-0.3, -0.25) is 4.79 Å². The van der Waals surface area contributed by atoms with Gasteiger partial charge in [0.15, 0.2) is 17.4 Å². The van der Waals surface area contributed by atoms with Gasteiger partial charge in [0.05, 0.1) is 0 Å². The van der Waals surface area contributed by atoms with Crippen molar-refractivity contribution in [1.82, 2.24) is 4.90 Å². The highest BCUT2D eigenvalue weighted by Crippen LogP contribution is 2.40. The van der Waals surface area contributed by atoms with Gasteiger partial charge in [-0.1, -0.05) is 32.9 Å². The first-order valence-electron chi connectivity index (χ1n) is 10.6. The maximum absolute atomic E-state index is 15.2. The van der Waals surface area contributed by atoms with Crippen LogP contribution in [0.25, 0.3) is 0 Å². The largest absolute Gasteiger partial charge is 0.540 e. The molecular weight excluding hydrogens is 416 g/mol. The van der Waals surface area contributed by atoms with Crippen molar-refractivity contribution in [2.75, 3.05) is 13.1 Å². The minimum atomic E-state index is -2.49. The lowest BCUT2D eigenvalue weighted by Gasteiger charge is -2.36. The lowest BCUT2D eigenvalue weighted by molar-refractivity contribution is 0.0773. The smallest absolute Gasteiger partial charge is 0.253 e. The fourth-order valence-corrected chi connectivity index (χ4v) is 3.95. The van der Waals surface area contributed by atoms with Gasteiger partial charge in [-0.2, -0.15) is 0 Å².